The molecule has 0 aromatic rings. The zero-order valence-corrected chi connectivity index (χ0v) is 12.9. The van der Waals surface area contributed by atoms with Gasteiger partial charge in [-0.05, 0) is 30.8 Å². The van der Waals surface area contributed by atoms with E-state index in [1.54, 1.807) is 11.8 Å². The number of thioether (sulfide) groups is 1. The highest BCUT2D eigenvalue weighted by Gasteiger charge is 2.36. The summed E-state index contributed by atoms with van der Waals surface area (Å²) in [6, 6.07) is 2.26. The number of hydrogen-bond acceptors (Lipinski definition) is 3. The second-order valence-electron chi connectivity index (χ2n) is 4.96. The Labute approximate surface area is 116 Å². The third kappa shape index (κ3) is 5.30. The molecule has 0 fully saturated rings. The minimum Gasteiger partial charge on any atom is -0.354 e. The maximum absolute atomic E-state index is 12.2. The highest BCUT2D eigenvalue weighted by atomic mass is 32.2. The van der Waals surface area contributed by atoms with E-state index < -0.39 is 5.41 Å². The number of rotatable bonds is 9. The number of nitriles is 1. The van der Waals surface area contributed by atoms with Crippen LogP contribution in [0.1, 0.15) is 46.5 Å². The zero-order chi connectivity index (χ0) is 14.0. The van der Waals surface area contributed by atoms with Gasteiger partial charge in [0.05, 0.1) is 6.07 Å². The lowest BCUT2D eigenvalue weighted by Gasteiger charge is -2.25. The standard InChI is InChI=1S/C14H26N2OS/c1-5-7-14(11-15,8-6-2)13(17)16-9-12(3)10-18-4/h12H,5-10H2,1-4H3,(H,16,17). The van der Waals surface area contributed by atoms with Gasteiger partial charge in [0.2, 0.25) is 5.91 Å². The quantitative estimate of drug-likeness (QED) is 0.700. The van der Waals surface area contributed by atoms with Gasteiger partial charge in [-0.3, -0.25) is 4.79 Å². The van der Waals surface area contributed by atoms with E-state index in [1.807, 2.05) is 13.8 Å². The summed E-state index contributed by atoms with van der Waals surface area (Å²) in [6.07, 6.45) is 5.09. The molecule has 4 heteroatoms. The normalized spacial score (nSPS) is 12.8. The lowest BCUT2D eigenvalue weighted by Crippen LogP contribution is -2.42. The summed E-state index contributed by atoms with van der Waals surface area (Å²) in [4.78, 5) is 12.2. The van der Waals surface area contributed by atoms with E-state index in [-0.39, 0.29) is 5.91 Å². The summed E-state index contributed by atoms with van der Waals surface area (Å²) < 4.78 is 0. The van der Waals surface area contributed by atoms with E-state index in [2.05, 4.69) is 24.6 Å². The highest BCUT2D eigenvalue weighted by Crippen LogP contribution is 2.29. The average Bonchev–Trinajstić information content (AvgIpc) is 2.35. The van der Waals surface area contributed by atoms with Crippen molar-refractivity contribution in [2.75, 3.05) is 18.6 Å². The fraction of sp³-hybridized carbons (Fsp3) is 0.857. The molecule has 0 bridgehead atoms. The van der Waals surface area contributed by atoms with E-state index in [9.17, 15) is 10.1 Å². The summed E-state index contributed by atoms with van der Waals surface area (Å²) in [5, 5.41) is 12.3. The van der Waals surface area contributed by atoms with Crippen LogP contribution in [0.15, 0.2) is 0 Å². The molecule has 0 radical (unpaired) electrons. The van der Waals surface area contributed by atoms with Crippen LogP contribution in [0, 0.1) is 22.7 Å². The molecule has 1 amide bonds. The Morgan fingerprint density at radius 3 is 2.33 bits per heavy atom. The van der Waals surface area contributed by atoms with Crippen molar-refractivity contribution < 1.29 is 4.79 Å². The number of nitrogens with zero attached hydrogens (tertiary/aromatic N) is 1. The SMILES string of the molecule is CCCC(C#N)(CCC)C(=O)NCC(C)CSC. The van der Waals surface area contributed by atoms with Gasteiger partial charge in [0.25, 0.3) is 0 Å². The van der Waals surface area contributed by atoms with Crippen molar-refractivity contribution in [3.63, 3.8) is 0 Å². The van der Waals surface area contributed by atoms with Crippen molar-refractivity contribution in [3.8, 4) is 6.07 Å². The molecule has 1 N–H and O–H groups in total. The summed E-state index contributed by atoms with van der Waals surface area (Å²) in [7, 11) is 0. The van der Waals surface area contributed by atoms with Crippen molar-refractivity contribution in [2.24, 2.45) is 11.3 Å². The van der Waals surface area contributed by atoms with Crippen LogP contribution in [-0.4, -0.2) is 24.5 Å². The van der Waals surface area contributed by atoms with Gasteiger partial charge in [-0.2, -0.15) is 17.0 Å². The molecule has 0 rings (SSSR count). The molecule has 0 heterocycles. The summed E-state index contributed by atoms with van der Waals surface area (Å²) >= 11 is 1.78. The van der Waals surface area contributed by atoms with E-state index >= 15 is 0 Å². The molecule has 1 unspecified atom stereocenters. The minimum atomic E-state index is -0.817. The number of hydrogen-bond donors (Lipinski definition) is 1. The number of amides is 1. The van der Waals surface area contributed by atoms with Crippen LogP contribution in [0.2, 0.25) is 0 Å². The molecule has 1 atom stereocenters. The monoisotopic (exact) mass is 270 g/mol. The van der Waals surface area contributed by atoms with Gasteiger partial charge in [-0.1, -0.05) is 33.6 Å². The Bertz CT molecular complexity index is 280. The second kappa shape index (κ2) is 9.27. The molecule has 104 valence electrons. The smallest absolute Gasteiger partial charge is 0.240 e. The topological polar surface area (TPSA) is 52.9 Å². The third-order valence-corrected chi connectivity index (χ3v) is 3.97. The molecule has 3 nitrogen and oxygen atoms in total. The lowest BCUT2D eigenvalue weighted by atomic mass is 9.79. The van der Waals surface area contributed by atoms with Crippen molar-refractivity contribution >= 4 is 17.7 Å². The number of carbonyl (C=O) groups excluding carboxylic acids is 1. The Balaban J connectivity index is 4.52. The Kier molecular flexibility index (Phi) is 8.91. The van der Waals surface area contributed by atoms with Crippen LogP contribution in [0.4, 0.5) is 0 Å². The van der Waals surface area contributed by atoms with Gasteiger partial charge in [0.1, 0.15) is 5.41 Å². The second-order valence-corrected chi connectivity index (χ2v) is 5.88. The first kappa shape index (κ1) is 17.3. The van der Waals surface area contributed by atoms with Gasteiger partial charge >= 0.3 is 0 Å². The predicted octanol–water partition coefficient (Wildman–Crippen LogP) is 3.21. The molecule has 0 aliphatic carbocycles. The van der Waals surface area contributed by atoms with Crippen LogP contribution in [-0.2, 0) is 4.79 Å². The molecule has 0 aromatic heterocycles. The van der Waals surface area contributed by atoms with E-state index in [1.165, 1.54) is 0 Å². The molecule has 0 saturated heterocycles. The lowest BCUT2D eigenvalue weighted by molar-refractivity contribution is -0.129. The Morgan fingerprint density at radius 2 is 1.94 bits per heavy atom. The summed E-state index contributed by atoms with van der Waals surface area (Å²) in [5.41, 5.74) is -0.817. The Morgan fingerprint density at radius 1 is 1.39 bits per heavy atom. The first-order valence-corrected chi connectivity index (χ1v) is 8.14. The fourth-order valence-corrected chi connectivity index (χ4v) is 2.83. The predicted molar refractivity (Wildman–Crippen MR) is 78.4 cm³/mol. The zero-order valence-electron chi connectivity index (χ0n) is 12.1. The molecular weight excluding hydrogens is 244 g/mol. The van der Waals surface area contributed by atoms with Gasteiger partial charge < -0.3 is 5.32 Å². The van der Waals surface area contributed by atoms with Crippen molar-refractivity contribution in [1.29, 1.82) is 5.26 Å². The molecule has 18 heavy (non-hydrogen) atoms. The van der Waals surface area contributed by atoms with E-state index in [0.29, 0.717) is 25.3 Å². The van der Waals surface area contributed by atoms with Gasteiger partial charge in [0.15, 0.2) is 0 Å². The summed E-state index contributed by atoms with van der Waals surface area (Å²) in [6.45, 7) is 6.82. The van der Waals surface area contributed by atoms with Crippen LogP contribution < -0.4 is 5.32 Å². The van der Waals surface area contributed by atoms with Crippen molar-refractivity contribution in [3.05, 3.63) is 0 Å². The van der Waals surface area contributed by atoms with Crippen molar-refractivity contribution in [2.45, 2.75) is 46.5 Å². The van der Waals surface area contributed by atoms with Crippen molar-refractivity contribution in [1.82, 2.24) is 5.32 Å². The maximum Gasteiger partial charge on any atom is 0.240 e. The van der Waals surface area contributed by atoms with Crippen LogP contribution in [0.5, 0.6) is 0 Å². The highest BCUT2D eigenvalue weighted by molar-refractivity contribution is 7.98. The molecule has 0 saturated carbocycles. The first-order valence-electron chi connectivity index (χ1n) is 6.74. The van der Waals surface area contributed by atoms with Gasteiger partial charge in [-0.25, -0.2) is 0 Å². The van der Waals surface area contributed by atoms with Crippen LogP contribution >= 0.6 is 11.8 Å². The summed E-state index contributed by atoms with van der Waals surface area (Å²) in [5.74, 6) is 1.40. The first-order chi connectivity index (χ1) is 8.56. The Hall–Kier alpha value is -0.690. The van der Waals surface area contributed by atoms with Gasteiger partial charge in [-0.15, -0.1) is 0 Å². The molecule has 0 aromatic carbocycles. The average molecular weight is 270 g/mol. The largest absolute Gasteiger partial charge is 0.354 e. The van der Waals surface area contributed by atoms with E-state index in [4.69, 9.17) is 0 Å². The fourth-order valence-electron chi connectivity index (χ4n) is 2.15. The molecule has 0 aliphatic rings. The third-order valence-electron chi connectivity index (χ3n) is 3.06. The number of carbonyl (C=O) groups is 1. The molecule has 0 spiro atoms. The maximum atomic E-state index is 12.2. The number of nitrogens with one attached hydrogen (secondary N) is 1. The molecule has 0 aliphatic heterocycles. The van der Waals surface area contributed by atoms with Crippen LogP contribution in [0.3, 0.4) is 0 Å². The minimum absolute atomic E-state index is 0.0818. The molecular formula is C14H26N2OS. The van der Waals surface area contributed by atoms with Crippen LogP contribution in [0.25, 0.3) is 0 Å². The van der Waals surface area contributed by atoms with E-state index in [0.717, 1.165) is 18.6 Å². The van der Waals surface area contributed by atoms with Gasteiger partial charge in [0, 0.05) is 6.54 Å².